The number of nitrogens with one attached hydrogen (secondary N) is 1. The van der Waals surface area contributed by atoms with Crippen LogP contribution in [0.3, 0.4) is 0 Å². The van der Waals surface area contributed by atoms with Crippen LogP contribution in [0.15, 0.2) is 0 Å². The zero-order valence-corrected chi connectivity index (χ0v) is 10.6. The van der Waals surface area contributed by atoms with Gasteiger partial charge in [0.1, 0.15) is 0 Å². The summed E-state index contributed by atoms with van der Waals surface area (Å²) in [7, 11) is 0. The van der Waals surface area contributed by atoms with Crippen molar-refractivity contribution in [3.8, 4) is 0 Å². The SMILES string of the molecule is CCCCOCCCNCCC(=O)OCC. The minimum absolute atomic E-state index is 0.130. The maximum atomic E-state index is 11.0. The van der Waals surface area contributed by atoms with Crippen molar-refractivity contribution in [3.63, 3.8) is 0 Å². The van der Waals surface area contributed by atoms with Crippen LogP contribution in [0.1, 0.15) is 39.5 Å². The molecule has 0 saturated heterocycles. The van der Waals surface area contributed by atoms with E-state index >= 15 is 0 Å². The second kappa shape index (κ2) is 12.5. The molecule has 0 radical (unpaired) electrons. The summed E-state index contributed by atoms with van der Waals surface area (Å²) < 4.78 is 10.2. The third kappa shape index (κ3) is 11.5. The summed E-state index contributed by atoms with van der Waals surface area (Å²) in [6.07, 6.45) is 3.76. The van der Waals surface area contributed by atoms with Crippen molar-refractivity contribution in [1.82, 2.24) is 5.32 Å². The summed E-state index contributed by atoms with van der Waals surface area (Å²) in [6.45, 7) is 7.68. The highest BCUT2D eigenvalue weighted by Crippen LogP contribution is 1.89. The first-order valence-corrected chi connectivity index (χ1v) is 6.25. The van der Waals surface area contributed by atoms with E-state index in [4.69, 9.17) is 9.47 Å². The monoisotopic (exact) mass is 231 g/mol. The van der Waals surface area contributed by atoms with Crippen molar-refractivity contribution in [3.05, 3.63) is 0 Å². The van der Waals surface area contributed by atoms with Crippen molar-refractivity contribution < 1.29 is 14.3 Å². The fourth-order valence-electron chi connectivity index (χ4n) is 1.20. The van der Waals surface area contributed by atoms with Crippen molar-refractivity contribution >= 4 is 5.97 Å². The summed E-state index contributed by atoms with van der Waals surface area (Å²) in [5.41, 5.74) is 0. The van der Waals surface area contributed by atoms with E-state index in [2.05, 4.69) is 12.2 Å². The number of hydrogen-bond acceptors (Lipinski definition) is 4. The molecule has 0 unspecified atom stereocenters. The van der Waals surface area contributed by atoms with Crippen molar-refractivity contribution in [2.24, 2.45) is 0 Å². The lowest BCUT2D eigenvalue weighted by molar-refractivity contribution is -0.142. The van der Waals surface area contributed by atoms with Gasteiger partial charge in [-0.25, -0.2) is 0 Å². The van der Waals surface area contributed by atoms with Crippen molar-refractivity contribution in [1.29, 1.82) is 0 Å². The maximum Gasteiger partial charge on any atom is 0.307 e. The van der Waals surface area contributed by atoms with Crippen LogP contribution in [-0.2, 0) is 14.3 Å². The molecule has 0 atom stereocenters. The van der Waals surface area contributed by atoms with Gasteiger partial charge in [-0.2, -0.15) is 0 Å². The molecule has 16 heavy (non-hydrogen) atoms. The van der Waals surface area contributed by atoms with Crippen LogP contribution >= 0.6 is 0 Å². The Bertz CT molecular complexity index is 162. The Morgan fingerprint density at radius 1 is 1.12 bits per heavy atom. The molecule has 96 valence electrons. The van der Waals surface area contributed by atoms with Gasteiger partial charge in [0.25, 0.3) is 0 Å². The lowest BCUT2D eigenvalue weighted by Gasteiger charge is -2.05. The highest BCUT2D eigenvalue weighted by molar-refractivity contribution is 5.69. The first-order valence-electron chi connectivity index (χ1n) is 6.25. The van der Waals surface area contributed by atoms with Crippen LogP contribution in [0.2, 0.25) is 0 Å². The highest BCUT2D eigenvalue weighted by Gasteiger charge is 1.99. The van der Waals surface area contributed by atoms with E-state index in [9.17, 15) is 4.79 Å². The smallest absolute Gasteiger partial charge is 0.307 e. The van der Waals surface area contributed by atoms with Crippen LogP contribution in [0.25, 0.3) is 0 Å². The van der Waals surface area contributed by atoms with Gasteiger partial charge in [-0.1, -0.05) is 13.3 Å². The minimum Gasteiger partial charge on any atom is -0.466 e. The lowest BCUT2D eigenvalue weighted by atomic mass is 10.3. The Labute approximate surface area is 98.7 Å². The van der Waals surface area contributed by atoms with E-state index in [1.165, 1.54) is 6.42 Å². The molecule has 0 aliphatic rings. The first kappa shape index (κ1) is 15.4. The standard InChI is InChI=1S/C12H25NO3/c1-3-5-10-15-11-6-8-13-9-7-12(14)16-4-2/h13H,3-11H2,1-2H3. The Kier molecular flexibility index (Phi) is 12.0. The number of esters is 1. The normalized spacial score (nSPS) is 10.4. The molecule has 0 aromatic carbocycles. The predicted molar refractivity (Wildman–Crippen MR) is 64.5 cm³/mol. The predicted octanol–water partition coefficient (Wildman–Crippen LogP) is 1.74. The molecule has 0 aliphatic carbocycles. The first-order chi connectivity index (χ1) is 7.81. The molecule has 0 heterocycles. The molecule has 0 aliphatic heterocycles. The van der Waals surface area contributed by atoms with Crippen LogP contribution < -0.4 is 5.32 Å². The zero-order chi connectivity index (χ0) is 12.1. The van der Waals surface area contributed by atoms with Crippen LogP contribution in [0, 0.1) is 0 Å². The minimum atomic E-state index is -0.130. The number of ether oxygens (including phenoxy) is 2. The fourth-order valence-corrected chi connectivity index (χ4v) is 1.20. The van der Waals surface area contributed by atoms with Gasteiger partial charge >= 0.3 is 5.97 Å². The Hall–Kier alpha value is -0.610. The number of carbonyl (C=O) groups is 1. The van der Waals surface area contributed by atoms with Crippen LogP contribution in [-0.4, -0.2) is 38.9 Å². The van der Waals surface area contributed by atoms with E-state index < -0.39 is 0 Å². The second-order valence-electron chi connectivity index (χ2n) is 3.62. The van der Waals surface area contributed by atoms with Crippen molar-refractivity contribution in [2.75, 3.05) is 32.9 Å². The van der Waals surface area contributed by atoms with E-state index in [0.717, 1.165) is 32.6 Å². The molecule has 1 N–H and O–H groups in total. The molecule has 0 fully saturated rings. The number of unbranched alkanes of at least 4 members (excludes halogenated alkanes) is 1. The molecule has 0 bridgehead atoms. The van der Waals surface area contributed by atoms with E-state index in [1.807, 2.05) is 6.92 Å². The van der Waals surface area contributed by atoms with E-state index in [0.29, 0.717) is 19.6 Å². The molecule has 0 saturated carbocycles. The number of hydrogen-bond donors (Lipinski definition) is 1. The Balaban J connectivity index is 3.01. The molecule has 0 spiro atoms. The Morgan fingerprint density at radius 2 is 1.88 bits per heavy atom. The molecular weight excluding hydrogens is 206 g/mol. The molecule has 4 nitrogen and oxygen atoms in total. The van der Waals surface area contributed by atoms with Crippen LogP contribution in [0.4, 0.5) is 0 Å². The van der Waals surface area contributed by atoms with E-state index in [-0.39, 0.29) is 5.97 Å². The van der Waals surface area contributed by atoms with Gasteiger partial charge in [-0.05, 0) is 26.3 Å². The molecule has 0 rings (SSSR count). The molecule has 4 heteroatoms. The van der Waals surface area contributed by atoms with Gasteiger partial charge < -0.3 is 14.8 Å². The average Bonchev–Trinajstić information content (AvgIpc) is 2.27. The number of carbonyl (C=O) groups excluding carboxylic acids is 1. The summed E-state index contributed by atoms with van der Waals surface area (Å²) in [4.78, 5) is 11.0. The lowest BCUT2D eigenvalue weighted by Crippen LogP contribution is -2.21. The quantitative estimate of drug-likeness (QED) is 0.434. The largest absolute Gasteiger partial charge is 0.466 e. The molecule has 0 aromatic rings. The van der Waals surface area contributed by atoms with Gasteiger partial charge in [0.05, 0.1) is 13.0 Å². The zero-order valence-electron chi connectivity index (χ0n) is 10.6. The van der Waals surface area contributed by atoms with Crippen molar-refractivity contribution in [2.45, 2.75) is 39.5 Å². The second-order valence-corrected chi connectivity index (χ2v) is 3.62. The van der Waals surface area contributed by atoms with Gasteiger partial charge in [0.15, 0.2) is 0 Å². The number of rotatable bonds is 11. The fraction of sp³-hybridized carbons (Fsp3) is 0.917. The average molecular weight is 231 g/mol. The molecule has 0 aromatic heterocycles. The summed E-state index contributed by atoms with van der Waals surface area (Å²) in [5, 5.41) is 3.18. The molecule has 0 amide bonds. The summed E-state index contributed by atoms with van der Waals surface area (Å²) in [6, 6.07) is 0. The third-order valence-corrected chi connectivity index (χ3v) is 2.10. The Morgan fingerprint density at radius 3 is 2.56 bits per heavy atom. The van der Waals surface area contributed by atoms with E-state index in [1.54, 1.807) is 0 Å². The topological polar surface area (TPSA) is 47.6 Å². The maximum absolute atomic E-state index is 11.0. The van der Waals surface area contributed by atoms with Gasteiger partial charge in [0.2, 0.25) is 0 Å². The highest BCUT2D eigenvalue weighted by atomic mass is 16.5. The summed E-state index contributed by atoms with van der Waals surface area (Å²) >= 11 is 0. The van der Waals surface area contributed by atoms with Gasteiger partial charge in [-0.15, -0.1) is 0 Å². The summed E-state index contributed by atoms with van der Waals surface area (Å²) in [5.74, 6) is -0.130. The molecular formula is C12H25NO3. The van der Waals surface area contributed by atoms with Gasteiger partial charge in [-0.3, -0.25) is 4.79 Å². The van der Waals surface area contributed by atoms with Crippen LogP contribution in [0.5, 0.6) is 0 Å². The third-order valence-electron chi connectivity index (χ3n) is 2.10. The van der Waals surface area contributed by atoms with Gasteiger partial charge in [0, 0.05) is 19.8 Å².